The lowest BCUT2D eigenvalue weighted by Crippen LogP contribution is -2.30. The number of nitrogens with two attached hydrogens (primary N) is 2. The monoisotopic (exact) mass is 410 g/mol. The van der Waals surface area contributed by atoms with E-state index in [1.165, 1.54) is 35.0 Å². The third kappa shape index (κ3) is 4.49. The summed E-state index contributed by atoms with van der Waals surface area (Å²) in [5.74, 6) is -0.816. The highest BCUT2D eigenvalue weighted by molar-refractivity contribution is 7.89. The molecule has 0 aliphatic carbocycles. The normalized spacial score (nSPS) is 11.0. The van der Waals surface area contributed by atoms with Gasteiger partial charge in [-0.25, -0.2) is 13.6 Å². The smallest absolute Gasteiger partial charge is 0.252 e. The lowest BCUT2D eigenvalue weighted by atomic mass is 10.2. The molecule has 0 fully saturated rings. The van der Waals surface area contributed by atoms with Gasteiger partial charge in [-0.15, -0.1) is 12.4 Å². The Morgan fingerprint density at radius 1 is 1.21 bits per heavy atom. The summed E-state index contributed by atoms with van der Waals surface area (Å²) >= 11 is 11.8. The van der Waals surface area contributed by atoms with Gasteiger partial charge in [-0.1, -0.05) is 23.2 Å². The molecule has 0 bridgehead atoms. The van der Waals surface area contributed by atoms with Gasteiger partial charge in [-0.2, -0.15) is 0 Å². The topological polar surface area (TPSA) is 132 Å². The number of carbonyl (C=O) groups is 1. The molecule has 2 rings (SSSR count). The Balaban J connectivity index is 0.00000288. The second-order valence-electron chi connectivity index (χ2n) is 4.71. The number of primary amides is 1. The molecule has 0 spiro atoms. The zero-order valence-corrected chi connectivity index (χ0v) is 15.1. The molecule has 0 aliphatic heterocycles. The van der Waals surface area contributed by atoms with Gasteiger partial charge >= 0.3 is 0 Å². The highest BCUT2D eigenvalue weighted by Crippen LogP contribution is 2.20. The second kappa shape index (κ2) is 7.54. The number of amides is 1. The molecule has 0 aliphatic rings. The average molecular weight is 412 g/mol. The van der Waals surface area contributed by atoms with Crippen LogP contribution in [0.5, 0.6) is 0 Å². The van der Waals surface area contributed by atoms with E-state index in [-0.39, 0.29) is 45.5 Å². The fourth-order valence-electron chi connectivity index (χ4n) is 2.06. The van der Waals surface area contributed by atoms with E-state index in [0.29, 0.717) is 5.02 Å². The van der Waals surface area contributed by atoms with Gasteiger partial charge < -0.3 is 10.3 Å². The number of sulfonamides is 1. The van der Waals surface area contributed by atoms with Crippen LogP contribution in [-0.2, 0) is 16.6 Å². The Hall–Kier alpha value is -1.58. The maximum atomic E-state index is 11.7. The maximum absolute atomic E-state index is 11.7. The van der Waals surface area contributed by atoms with Crippen LogP contribution in [0.3, 0.4) is 0 Å². The molecule has 0 atom stereocenters. The van der Waals surface area contributed by atoms with Gasteiger partial charge in [0.25, 0.3) is 5.91 Å². The zero-order valence-electron chi connectivity index (χ0n) is 12.0. The molecular formula is C13H13Cl3N4O3S. The van der Waals surface area contributed by atoms with E-state index in [4.69, 9.17) is 39.5 Å². The molecule has 5 N–H and O–H groups in total. The third-order valence-corrected chi connectivity index (χ3v) is 4.49. The first kappa shape index (κ1) is 20.5. The minimum Gasteiger partial charge on any atom is -0.365 e. The molecule has 2 aromatic rings. The summed E-state index contributed by atoms with van der Waals surface area (Å²) < 4.78 is 24.6. The van der Waals surface area contributed by atoms with Crippen LogP contribution in [0.15, 0.2) is 35.4 Å². The van der Waals surface area contributed by atoms with Crippen molar-refractivity contribution in [2.24, 2.45) is 10.9 Å². The molecule has 0 unspecified atom stereocenters. The molecular weight excluding hydrogens is 399 g/mol. The summed E-state index contributed by atoms with van der Waals surface area (Å²) in [4.78, 5) is 11.2. The molecule has 1 amide bonds. The fourth-order valence-corrected chi connectivity index (χ4v) is 3.23. The average Bonchev–Trinajstić information content (AvgIpc) is 2.40. The molecule has 0 radical (unpaired) electrons. The van der Waals surface area contributed by atoms with Crippen molar-refractivity contribution in [2.75, 3.05) is 0 Å². The Labute approximate surface area is 154 Å². The highest BCUT2D eigenvalue weighted by atomic mass is 35.5. The molecule has 1 heterocycles. The standard InChI is InChI=1S/C13H12Cl2N4O3S.ClH/c14-8-1-2-11(23(18,21)22)7(3-8)5-19-6-9(15)4-10(12(19)16)13(17)20;/h1-4,6,16H,5H2,(H2,17,20)(H2,18,21,22);1H. The first-order chi connectivity index (χ1) is 10.6. The van der Waals surface area contributed by atoms with Crippen molar-refractivity contribution in [1.82, 2.24) is 4.57 Å². The summed E-state index contributed by atoms with van der Waals surface area (Å²) in [6, 6.07) is 5.35. The summed E-state index contributed by atoms with van der Waals surface area (Å²) in [5.41, 5.74) is 5.17. The second-order valence-corrected chi connectivity index (χ2v) is 7.11. The predicted octanol–water partition coefficient (Wildman–Crippen LogP) is 1.49. The maximum Gasteiger partial charge on any atom is 0.252 e. The van der Waals surface area contributed by atoms with Gasteiger partial charge in [0.15, 0.2) is 0 Å². The molecule has 24 heavy (non-hydrogen) atoms. The zero-order chi connectivity index (χ0) is 17.4. The first-order valence-corrected chi connectivity index (χ1v) is 8.45. The van der Waals surface area contributed by atoms with Crippen LogP contribution >= 0.6 is 35.6 Å². The number of benzene rings is 1. The molecule has 0 saturated carbocycles. The summed E-state index contributed by atoms with van der Waals surface area (Å²) in [7, 11) is -3.98. The van der Waals surface area contributed by atoms with E-state index in [2.05, 4.69) is 0 Å². The van der Waals surface area contributed by atoms with Crippen molar-refractivity contribution in [3.63, 3.8) is 0 Å². The summed E-state index contributed by atoms with van der Waals surface area (Å²) in [5, 5.41) is 13.7. The van der Waals surface area contributed by atoms with Gasteiger partial charge in [0, 0.05) is 11.2 Å². The van der Waals surface area contributed by atoms with E-state index in [1.54, 1.807) is 0 Å². The van der Waals surface area contributed by atoms with Crippen LogP contribution in [0.4, 0.5) is 0 Å². The van der Waals surface area contributed by atoms with Gasteiger partial charge in [-0.05, 0) is 29.8 Å². The number of hydrogen-bond acceptors (Lipinski definition) is 4. The van der Waals surface area contributed by atoms with Crippen LogP contribution in [0.2, 0.25) is 10.0 Å². The van der Waals surface area contributed by atoms with Gasteiger partial charge in [0.05, 0.1) is 22.0 Å². The van der Waals surface area contributed by atoms with Crippen molar-refractivity contribution < 1.29 is 13.2 Å². The number of pyridine rings is 1. The number of carbonyl (C=O) groups excluding carboxylic acids is 1. The lowest BCUT2D eigenvalue weighted by molar-refractivity contribution is 0.0997. The number of hydrogen-bond donors (Lipinski definition) is 3. The van der Waals surface area contributed by atoms with Crippen molar-refractivity contribution in [3.05, 3.63) is 57.1 Å². The van der Waals surface area contributed by atoms with Crippen LogP contribution in [0.25, 0.3) is 0 Å². The van der Waals surface area contributed by atoms with E-state index in [9.17, 15) is 13.2 Å². The summed E-state index contributed by atoms with van der Waals surface area (Å²) in [6.45, 7) is -0.0774. The number of aromatic nitrogens is 1. The Morgan fingerprint density at radius 2 is 1.83 bits per heavy atom. The van der Waals surface area contributed by atoms with E-state index >= 15 is 0 Å². The molecule has 0 saturated heterocycles. The van der Waals surface area contributed by atoms with Gasteiger partial charge in [0.1, 0.15) is 5.49 Å². The SMILES string of the molecule is Cl.N=c1c(C(N)=O)cc(Cl)cn1Cc1cc(Cl)ccc1S(N)(=O)=O. The Morgan fingerprint density at radius 3 is 2.38 bits per heavy atom. The molecule has 11 heteroatoms. The van der Waals surface area contributed by atoms with Crippen molar-refractivity contribution in [3.8, 4) is 0 Å². The van der Waals surface area contributed by atoms with Crippen molar-refractivity contribution in [1.29, 1.82) is 5.41 Å². The molecule has 7 nitrogen and oxygen atoms in total. The minimum absolute atomic E-state index is 0. The summed E-state index contributed by atoms with van der Waals surface area (Å²) in [6.07, 6.45) is 1.38. The van der Waals surface area contributed by atoms with E-state index in [1.807, 2.05) is 0 Å². The van der Waals surface area contributed by atoms with Crippen LogP contribution < -0.4 is 16.4 Å². The fraction of sp³-hybridized carbons (Fsp3) is 0.0769. The number of halogens is 3. The Bertz CT molecular complexity index is 957. The number of primary sulfonamides is 1. The van der Waals surface area contributed by atoms with Crippen LogP contribution in [0.1, 0.15) is 15.9 Å². The molecule has 130 valence electrons. The highest BCUT2D eigenvalue weighted by Gasteiger charge is 2.16. The number of rotatable bonds is 4. The predicted molar refractivity (Wildman–Crippen MR) is 93.0 cm³/mol. The first-order valence-electron chi connectivity index (χ1n) is 6.15. The van der Waals surface area contributed by atoms with Crippen LogP contribution in [0, 0.1) is 5.41 Å². The van der Waals surface area contributed by atoms with Crippen molar-refractivity contribution >= 4 is 51.5 Å². The molecule has 1 aromatic carbocycles. The number of nitrogens with zero attached hydrogens (tertiary/aromatic N) is 1. The van der Waals surface area contributed by atoms with E-state index < -0.39 is 15.9 Å². The quantitative estimate of drug-likeness (QED) is 0.704. The van der Waals surface area contributed by atoms with Gasteiger partial charge in [0.2, 0.25) is 10.0 Å². The van der Waals surface area contributed by atoms with Crippen LogP contribution in [-0.4, -0.2) is 18.9 Å². The van der Waals surface area contributed by atoms with Crippen molar-refractivity contribution in [2.45, 2.75) is 11.4 Å². The minimum atomic E-state index is -3.98. The number of nitrogens with one attached hydrogen (secondary N) is 1. The van der Waals surface area contributed by atoms with E-state index in [0.717, 1.165) is 0 Å². The third-order valence-electron chi connectivity index (χ3n) is 3.04. The largest absolute Gasteiger partial charge is 0.365 e. The molecule has 1 aromatic heterocycles. The van der Waals surface area contributed by atoms with Gasteiger partial charge in [-0.3, -0.25) is 10.2 Å². The Kier molecular flexibility index (Phi) is 6.43. The lowest BCUT2D eigenvalue weighted by Gasteiger charge is -2.13.